The van der Waals surface area contributed by atoms with E-state index in [-0.39, 0.29) is 12.2 Å². The normalized spacial score (nSPS) is 12.7. The molecule has 0 spiro atoms. The van der Waals surface area contributed by atoms with Gasteiger partial charge in [0.2, 0.25) is 5.43 Å². The highest BCUT2D eigenvalue weighted by molar-refractivity contribution is 9.10. The van der Waals surface area contributed by atoms with E-state index in [2.05, 4.69) is 15.9 Å². The van der Waals surface area contributed by atoms with E-state index in [9.17, 15) is 4.79 Å². The van der Waals surface area contributed by atoms with E-state index in [0.717, 1.165) is 21.3 Å². The molecule has 5 rings (SSSR count). The number of fused-ring (bicyclic) bond motifs is 2. The van der Waals surface area contributed by atoms with Crippen molar-refractivity contribution in [2.24, 2.45) is 0 Å². The Morgan fingerprint density at radius 3 is 2.63 bits per heavy atom. The Bertz CT molecular complexity index is 1480. The van der Waals surface area contributed by atoms with Crippen molar-refractivity contribution < 1.29 is 28.1 Å². The van der Waals surface area contributed by atoms with Crippen LogP contribution in [-0.2, 0) is 18.0 Å². The lowest BCUT2D eigenvalue weighted by Crippen LogP contribution is -2.14. The smallest absolute Gasteiger partial charge is 0.200 e. The Morgan fingerprint density at radius 2 is 1.83 bits per heavy atom. The molecule has 0 fully saturated rings. The second-order valence-electron chi connectivity index (χ2n) is 8.04. The Hall–Kier alpha value is -3.49. The number of rotatable bonds is 6. The van der Waals surface area contributed by atoms with Crippen LogP contribution in [0.2, 0.25) is 0 Å². The Labute approximate surface area is 210 Å². The van der Waals surface area contributed by atoms with Gasteiger partial charge in [0.25, 0.3) is 0 Å². The first-order valence-electron chi connectivity index (χ1n) is 10.9. The fourth-order valence-corrected chi connectivity index (χ4v) is 4.78. The molecule has 180 valence electrons. The van der Waals surface area contributed by atoms with Gasteiger partial charge in [-0.2, -0.15) is 0 Å². The van der Waals surface area contributed by atoms with Crippen molar-refractivity contribution in [2.45, 2.75) is 20.1 Å². The van der Waals surface area contributed by atoms with E-state index in [1.54, 1.807) is 51.5 Å². The molecule has 0 unspecified atom stereocenters. The van der Waals surface area contributed by atoms with E-state index in [4.69, 9.17) is 28.1 Å². The Morgan fingerprint density at radius 1 is 1.00 bits per heavy atom. The molecule has 4 aromatic rings. The average molecular weight is 539 g/mol. The molecule has 0 N–H and O–H groups in total. The molecule has 1 aliphatic heterocycles. The highest BCUT2D eigenvalue weighted by atomic mass is 79.9. The van der Waals surface area contributed by atoms with E-state index >= 15 is 0 Å². The first-order chi connectivity index (χ1) is 17.0. The standard InChI is InChI=1S/C27H23BrO7/c1-15-25(16-4-7-22(30-2)24(10-16)31-3)26(29)21-6-5-20(11-23(21)35-15)33-13-18-9-19(28)8-17-12-32-14-34-27(17)18/h4-11H,12-14H2,1-3H3. The maximum absolute atomic E-state index is 13.4. The zero-order chi connectivity index (χ0) is 24.5. The van der Waals surface area contributed by atoms with Gasteiger partial charge in [0.15, 0.2) is 18.3 Å². The summed E-state index contributed by atoms with van der Waals surface area (Å²) in [5, 5.41) is 0.466. The van der Waals surface area contributed by atoms with Crippen LogP contribution in [0.25, 0.3) is 22.1 Å². The third-order valence-corrected chi connectivity index (χ3v) is 6.32. The molecule has 1 aromatic heterocycles. The van der Waals surface area contributed by atoms with Crippen molar-refractivity contribution in [3.63, 3.8) is 0 Å². The fourth-order valence-electron chi connectivity index (χ4n) is 4.23. The summed E-state index contributed by atoms with van der Waals surface area (Å²) in [7, 11) is 3.13. The van der Waals surface area contributed by atoms with Crippen LogP contribution in [0.4, 0.5) is 0 Å². The lowest BCUT2D eigenvalue weighted by molar-refractivity contribution is -0.0176. The van der Waals surface area contributed by atoms with Gasteiger partial charge < -0.3 is 28.1 Å². The van der Waals surface area contributed by atoms with Gasteiger partial charge in [0, 0.05) is 21.7 Å². The predicted molar refractivity (Wildman–Crippen MR) is 135 cm³/mol. The van der Waals surface area contributed by atoms with Gasteiger partial charge in [-0.1, -0.05) is 22.0 Å². The van der Waals surface area contributed by atoms with Gasteiger partial charge in [-0.05, 0) is 48.9 Å². The third kappa shape index (κ3) is 4.47. The molecule has 3 aromatic carbocycles. The molecule has 0 atom stereocenters. The molecule has 1 aliphatic rings. The maximum Gasteiger partial charge on any atom is 0.200 e. The van der Waals surface area contributed by atoms with E-state index < -0.39 is 0 Å². The number of ether oxygens (including phenoxy) is 5. The van der Waals surface area contributed by atoms with E-state index in [1.807, 2.05) is 18.2 Å². The fraction of sp³-hybridized carbons (Fsp3) is 0.222. The zero-order valence-electron chi connectivity index (χ0n) is 19.5. The van der Waals surface area contributed by atoms with Crippen molar-refractivity contribution >= 4 is 26.9 Å². The van der Waals surface area contributed by atoms with Crippen LogP contribution < -0.4 is 24.4 Å². The first kappa shape index (κ1) is 23.3. The number of hydrogen-bond acceptors (Lipinski definition) is 7. The molecule has 7 nitrogen and oxygen atoms in total. The third-order valence-electron chi connectivity index (χ3n) is 5.86. The Balaban J connectivity index is 1.46. The van der Waals surface area contributed by atoms with Gasteiger partial charge >= 0.3 is 0 Å². The van der Waals surface area contributed by atoms with Crippen molar-refractivity contribution in [3.05, 3.63) is 80.1 Å². The predicted octanol–water partition coefficient (Wildman–Crippen LogP) is 5.99. The summed E-state index contributed by atoms with van der Waals surface area (Å²) < 4.78 is 34.8. The van der Waals surface area contributed by atoms with Crippen LogP contribution in [0, 0.1) is 6.92 Å². The van der Waals surface area contributed by atoms with E-state index in [1.165, 1.54) is 0 Å². The molecule has 0 radical (unpaired) electrons. The Kier molecular flexibility index (Phi) is 6.40. The molecule has 2 heterocycles. The minimum atomic E-state index is -0.128. The molecule has 0 bridgehead atoms. The summed E-state index contributed by atoms with van der Waals surface area (Å²) in [6.07, 6.45) is 0. The van der Waals surface area contributed by atoms with Gasteiger partial charge in [0.1, 0.15) is 29.4 Å². The number of hydrogen-bond donors (Lipinski definition) is 0. The van der Waals surface area contributed by atoms with Crippen LogP contribution in [-0.4, -0.2) is 21.0 Å². The second-order valence-corrected chi connectivity index (χ2v) is 8.96. The monoisotopic (exact) mass is 538 g/mol. The molecule has 0 amide bonds. The molecule has 8 heteroatoms. The van der Waals surface area contributed by atoms with Crippen LogP contribution in [0.15, 0.2) is 62.2 Å². The zero-order valence-corrected chi connectivity index (χ0v) is 21.1. The number of benzene rings is 3. The van der Waals surface area contributed by atoms with Crippen molar-refractivity contribution in [2.75, 3.05) is 21.0 Å². The molecule has 0 saturated carbocycles. The van der Waals surface area contributed by atoms with Gasteiger partial charge in [-0.3, -0.25) is 4.79 Å². The summed E-state index contributed by atoms with van der Waals surface area (Å²) in [4.78, 5) is 13.4. The van der Waals surface area contributed by atoms with Gasteiger partial charge in [0.05, 0.1) is 31.8 Å². The minimum Gasteiger partial charge on any atom is -0.493 e. The molecular weight excluding hydrogens is 516 g/mol. The van der Waals surface area contributed by atoms with Crippen molar-refractivity contribution in [3.8, 4) is 34.1 Å². The summed E-state index contributed by atoms with van der Waals surface area (Å²) in [6.45, 7) is 2.77. The van der Waals surface area contributed by atoms with Crippen molar-refractivity contribution in [1.82, 2.24) is 0 Å². The summed E-state index contributed by atoms with van der Waals surface area (Å²) in [5.74, 6) is 2.99. The van der Waals surface area contributed by atoms with Crippen LogP contribution in [0.3, 0.4) is 0 Å². The van der Waals surface area contributed by atoms with Gasteiger partial charge in [-0.15, -0.1) is 0 Å². The summed E-state index contributed by atoms with van der Waals surface area (Å²) in [5.41, 5.74) is 3.37. The van der Waals surface area contributed by atoms with Crippen LogP contribution in [0.5, 0.6) is 23.0 Å². The topological polar surface area (TPSA) is 76.4 Å². The molecule has 35 heavy (non-hydrogen) atoms. The minimum absolute atomic E-state index is 0.128. The van der Waals surface area contributed by atoms with Crippen molar-refractivity contribution in [1.29, 1.82) is 0 Å². The second kappa shape index (κ2) is 9.64. The summed E-state index contributed by atoms with van der Waals surface area (Å²) >= 11 is 3.53. The first-order valence-corrected chi connectivity index (χ1v) is 11.7. The average Bonchev–Trinajstić information content (AvgIpc) is 2.86. The SMILES string of the molecule is COc1ccc(-c2c(C)oc3cc(OCc4cc(Br)cc5c4OCOC5)ccc3c2=O)cc1OC. The largest absolute Gasteiger partial charge is 0.493 e. The van der Waals surface area contributed by atoms with Gasteiger partial charge in [-0.25, -0.2) is 0 Å². The highest BCUT2D eigenvalue weighted by Crippen LogP contribution is 2.35. The van der Waals surface area contributed by atoms with Crippen LogP contribution >= 0.6 is 15.9 Å². The van der Waals surface area contributed by atoms with Crippen LogP contribution in [0.1, 0.15) is 16.9 Å². The number of methoxy groups -OCH3 is 2. The molecule has 0 saturated heterocycles. The molecule has 0 aliphatic carbocycles. The lowest BCUT2D eigenvalue weighted by Gasteiger charge is -2.21. The summed E-state index contributed by atoms with van der Waals surface area (Å²) in [6, 6.07) is 14.5. The maximum atomic E-state index is 13.4. The highest BCUT2D eigenvalue weighted by Gasteiger charge is 2.18. The lowest BCUT2D eigenvalue weighted by atomic mass is 10.0. The number of aryl methyl sites for hydroxylation is 1. The quantitative estimate of drug-likeness (QED) is 0.298. The number of halogens is 1. The molecular formula is C27H23BrO7. The van der Waals surface area contributed by atoms with E-state index in [0.29, 0.717) is 58.3 Å².